The number of rotatable bonds is 3. The average molecular weight is 280 g/mol. The fraction of sp³-hybridized carbons (Fsp3) is 0.385. The van der Waals surface area contributed by atoms with Crippen LogP contribution >= 0.6 is 11.8 Å². The molecular weight excluding hydrogens is 266 g/mol. The number of carboxylic acid groups (broad SMARTS) is 2. The van der Waals surface area contributed by atoms with E-state index in [1.807, 2.05) is 13.8 Å². The van der Waals surface area contributed by atoms with Crippen LogP contribution in [0, 0.1) is 0 Å². The highest BCUT2D eigenvalue weighted by molar-refractivity contribution is 8.00. The predicted octanol–water partition coefficient (Wildman–Crippen LogP) is -1.74. The van der Waals surface area contributed by atoms with E-state index in [-0.39, 0.29) is 10.9 Å². The number of carbonyl (C=O) groups excluding carboxylic acids is 2. The second kappa shape index (κ2) is 4.86. The molecule has 1 fully saturated rings. The van der Waals surface area contributed by atoms with Gasteiger partial charge in [-0.1, -0.05) is 36.0 Å². The molecule has 0 aliphatic carbocycles. The lowest BCUT2D eigenvalue weighted by Crippen LogP contribution is -2.92. The molecule has 6 heteroatoms. The maximum absolute atomic E-state index is 11.1. The van der Waals surface area contributed by atoms with Gasteiger partial charge >= 0.3 is 0 Å². The van der Waals surface area contributed by atoms with Crippen LogP contribution in [0.25, 0.3) is 0 Å². The van der Waals surface area contributed by atoms with E-state index in [1.165, 1.54) is 17.8 Å². The first-order chi connectivity index (χ1) is 8.83. The third-order valence-corrected chi connectivity index (χ3v) is 4.81. The number of nitrogens with two attached hydrogens (primary N) is 1. The van der Waals surface area contributed by atoms with Gasteiger partial charge in [0.05, 0.1) is 10.7 Å². The Kier molecular flexibility index (Phi) is 3.56. The lowest BCUT2D eigenvalue weighted by molar-refractivity contribution is -0.695. The van der Waals surface area contributed by atoms with Crippen molar-refractivity contribution in [1.82, 2.24) is 0 Å². The summed E-state index contributed by atoms with van der Waals surface area (Å²) in [6.07, 6.45) is 0. The quantitative estimate of drug-likeness (QED) is 0.708. The highest BCUT2D eigenvalue weighted by Gasteiger charge is 2.47. The van der Waals surface area contributed by atoms with E-state index in [0.29, 0.717) is 5.56 Å². The number of carbonyl (C=O) groups is 2. The average Bonchev–Trinajstić information content (AvgIpc) is 2.65. The smallest absolute Gasteiger partial charge is 0.160 e. The molecule has 0 unspecified atom stereocenters. The molecule has 102 valence electrons. The van der Waals surface area contributed by atoms with E-state index < -0.39 is 22.7 Å². The summed E-state index contributed by atoms with van der Waals surface area (Å²) in [5.74, 6) is -2.38. The van der Waals surface area contributed by atoms with Gasteiger partial charge in [-0.25, -0.2) is 0 Å². The number of hydrogen-bond acceptors (Lipinski definition) is 5. The summed E-state index contributed by atoms with van der Waals surface area (Å²) in [4.78, 5) is 22.2. The molecule has 5 nitrogen and oxygen atoms in total. The van der Waals surface area contributed by atoms with Crippen LogP contribution in [0.1, 0.15) is 35.1 Å². The summed E-state index contributed by atoms with van der Waals surface area (Å²) in [6.45, 7) is 3.63. The van der Waals surface area contributed by atoms with E-state index in [0.717, 1.165) is 0 Å². The molecule has 2 N–H and O–H groups in total. The van der Waals surface area contributed by atoms with E-state index in [1.54, 1.807) is 23.5 Å². The molecule has 1 aliphatic rings. The Bertz CT molecular complexity index is 529. The highest BCUT2D eigenvalue weighted by atomic mass is 32.2. The number of benzene rings is 1. The molecule has 2 atom stereocenters. The van der Waals surface area contributed by atoms with Crippen molar-refractivity contribution in [3.05, 3.63) is 35.4 Å². The fourth-order valence-electron chi connectivity index (χ4n) is 2.31. The Balaban J connectivity index is 2.35. The molecule has 0 bridgehead atoms. The van der Waals surface area contributed by atoms with Crippen LogP contribution in [0.5, 0.6) is 0 Å². The van der Waals surface area contributed by atoms with Crippen molar-refractivity contribution in [2.75, 3.05) is 0 Å². The molecule has 1 aromatic rings. The zero-order valence-corrected chi connectivity index (χ0v) is 11.4. The lowest BCUT2D eigenvalue weighted by atomic mass is 10.0. The molecule has 1 aliphatic heterocycles. The summed E-state index contributed by atoms with van der Waals surface area (Å²) >= 11 is 1.42. The van der Waals surface area contributed by atoms with Crippen molar-refractivity contribution in [2.45, 2.75) is 30.0 Å². The van der Waals surface area contributed by atoms with Crippen molar-refractivity contribution in [3.8, 4) is 0 Å². The minimum Gasteiger partial charge on any atom is -0.545 e. The van der Waals surface area contributed by atoms with Gasteiger partial charge < -0.3 is 25.1 Å². The van der Waals surface area contributed by atoms with Gasteiger partial charge in [-0.15, -0.1) is 0 Å². The van der Waals surface area contributed by atoms with Gasteiger partial charge in [0.2, 0.25) is 0 Å². The first-order valence-electron chi connectivity index (χ1n) is 5.87. The molecule has 1 saturated heterocycles. The first-order valence-corrected chi connectivity index (χ1v) is 6.75. The Hall–Kier alpha value is -1.53. The number of quaternary nitrogens is 1. The van der Waals surface area contributed by atoms with Gasteiger partial charge in [0, 0.05) is 11.1 Å². The Labute approximate surface area is 115 Å². The summed E-state index contributed by atoms with van der Waals surface area (Å²) in [5, 5.41) is 23.6. The number of aliphatic carboxylic acids is 1. The molecule has 0 radical (unpaired) electrons. The largest absolute Gasteiger partial charge is 0.545 e. The molecule has 0 spiro atoms. The predicted molar refractivity (Wildman–Crippen MR) is 65.9 cm³/mol. The number of thioether (sulfide) groups is 1. The minimum absolute atomic E-state index is 0.103. The van der Waals surface area contributed by atoms with E-state index in [4.69, 9.17) is 0 Å². The lowest BCUT2D eigenvalue weighted by Gasteiger charge is -2.21. The molecule has 19 heavy (non-hydrogen) atoms. The van der Waals surface area contributed by atoms with Crippen LogP contribution in [-0.2, 0) is 4.79 Å². The van der Waals surface area contributed by atoms with Crippen LogP contribution in [0.3, 0.4) is 0 Å². The van der Waals surface area contributed by atoms with Gasteiger partial charge in [0.1, 0.15) is 12.0 Å². The normalized spacial score (nSPS) is 25.2. The van der Waals surface area contributed by atoms with Gasteiger partial charge in [0.25, 0.3) is 0 Å². The number of aromatic carboxylic acids is 1. The van der Waals surface area contributed by atoms with Crippen molar-refractivity contribution >= 4 is 23.7 Å². The van der Waals surface area contributed by atoms with Gasteiger partial charge in [-0.05, 0) is 13.8 Å². The summed E-state index contributed by atoms with van der Waals surface area (Å²) in [6, 6.07) is 5.80. The van der Waals surface area contributed by atoms with Crippen LogP contribution in [-0.4, -0.2) is 22.7 Å². The second-order valence-electron chi connectivity index (χ2n) is 5.01. The maximum atomic E-state index is 11.1. The molecule has 2 rings (SSSR count). The maximum Gasteiger partial charge on any atom is 0.160 e. The van der Waals surface area contributed by atoms with Crippen molar-refractivity contribution < 1.29 is 25.1 Å². The van der Waals surface area contributed by atoms with Crippen LogP contribution < -0.4 is 15.5 Å². The fourth-order valence-corrected chi connectivity index (χ4v) is 3.85. The molecule has 0 amide bonds. The molecule has 0 aromatic heterocycles. The summed E-state index contributed by atoms with van der Waals surface area (Å²) in [7, 11) is 0. The number of carboxylic acids is 2. The van der Waals surface area contributed by atoms with E-state index in [2.05, 4.69) is 0 Å². The van der Waals surface area contributed by atoms with Gasteiger partial charge in [0.15, 0.2) is 5.37 Å². The van der Waals surface area contributed by atoms with Crippen molar-refractivity contribution in [3.63, 3.8) is 0 Å². The van der Waals surface area contributed by atoms with Crippen molar-refractivity contribution in [1.29, 1.82) is 0 Å². The van der Waals surface area contributed by atoms with Crippen LogP contribution in [0.2, 0.25) is 0 Å². The SMILES string of the molecule is CC1(C)S[C@H](c2ccccc2C(=O)[O-])[NH2+][C@H]1C(=O)[O-]. The molecule has 1 aromatic carbocycles. The molecule has 0 saturated carbocycles. The molecular formula is C13H14NO4S-. The summed E-state index contributed by atoms with van der Waals surface area (Å²) < 4.78 is -0.525. The van der Waals surface area contributed by atoms with Crippen LogP contribution in [0.15, 0.2) is 24.3 Å². The third kappa shape index (κ3) is 2.59. The van der Waals surface area contributed by atoms with E-state index >= 15 is 0 Å². The zero-order chi connectivity index (χ0) is 14.2. The number of hydrogen-bond donors (Lipinski definition) is 1. The van der Waals surface area contributed by atoms with Crippen LogP contribution in [0.4, 0.5) is 0 Å². The summed E-state index contributed by atoms with van der Waals surface area (Å²) in [5.41, 5.74) is 0.676. The Morgan fingerprint density at radius 3 is 2.42 bits per heavy atom. The Morgan fingerprint density at radius 2 is 1.89 bits per heavy atom. The van der Waals surface area contributed by atoms with Gasteiger partial charge in [-0.3, -0.25) is 0 Å². The first kappa shape index (κ1) is 13.9. The van der Waals surface area contributed by atoms with Crippen molar-refractivity contribution in [2.24, 2.45) is 0 Å². The second-order valence-corrected chi connectivity index (χ2v) is 6.80. The Morgan fingerprint density at radius 1 is 1.26 bits per heavy atom. The monoisotopic (exact) mass is 280 g/mol. The van der Waals surface area contributed by atoms with E-state index in [9.17, 15) is 19.8 Å². The standard InChI is InChI=1S/C13H15NO4S/c1-13(2)9(12(17)18)14-10(19-13)7-5-3-4-6-8(7)11(15)16/h3-6,9-10,14H,1-2H3,(H,15,16)(H,17,18)/p-1/t9-,10+/m0/s1. The topological polar surface area (TPSA) is 96.9 Å². The molecule has 1 heterocycles. The minimum atomic E-state index is -1.25. The van der Waals surface area contributed by atoms with Gasteiger partial charge in [-0.2, -0.15) is 0 Å². The zero-order valence-electron chi connectivity index (χ0n) is 10.6. The third-order valence-electron chi connectivity index (χ3n) is 3.29. The highest BCUT2D eigenvalue weighted by Crippen LogP contribution is 2.41.